The van der Waals surface area contributed by atoms with Crippen molar-refractivity contribution in [1.29, 1.82) is 0 Å². The van der Waals surface area contributed by atoms with E-state index in [-0.39, 0.29) is 24.6 Å². The van der Waals surface area contributed by atoms with Crippen LogP contribution in [0.15, 0.2) is 12.1 Å². The van der Waals surface area contributed by atoms with Gasteiger partial charge in [0.25, 0.3) is 0 Å². The van der Waals surface area contributed by atoms with Gasteiger partial charge in [0.2, 0.25) is 5.91 Å². The summed E-state index contributed by atoms with van der Waals surface area (Å²) < 4.78 is 13.8. The predicted molar refractivity (Wildman–Crippen MR) is 58.2 cm³/mol. The molecule has 1 amide bonds. The summed E-state index contributed by atoms with van der Waals surface area (Å²) in [5.41, 5.74) is -0.766. The van der Waals surface area contributed by atoms with Gasteiger partial charge in [0.05, 0.1) is 31.1 Å². The largest absolute Gasteiger partial charge is 0.393 e. The van der Waals surface area contributed by atoms with E-state index in [1.165, 1.54) is 17.0 Å². The Bertz CT molecular complexity index is 520. The van der Waals surface area contributed by atoms with Crippen molar-refractivity contribution in [2.45, 2.75) is 5.60 Å². The van der Waals surface area contributed by atoms with Crippen LogP contribution in [0.2, 0.25) is 0 Å². The van der Waals surface area contributed by atoms with E-state index in [9.17, 15) is 19.4 Å². The van der Waals surface area contributed by atoms with Gasteiger partial charge >= 0.3 is 0 Å². The van der Waals surface area contributed by atoms with Crippen LogP contribution in [0.3, 0.4) is 0 Å². The van der Waals surface area contributed by atoms with E-state index in [1.807, 2.05) is 0 Å². The number of benzene rings is 1. The van der Waals surface area contributed by atoms with Crippen molar-refractivity contribution in [1.82, 2.24) is 0 Å². The zero-order valence-corrected chi connectivity index (χ0v) is 8.90. The average Bonchev–Trinajstić information content (AvgIpc) is 2.64. The third kappa shape index (κ3) is 1.22. The molecular weight excluding hydrogens is 227 g/mol. The molecule has 0 radical (unpaired) electrons. The van der Waals surface area contributed by atoms with Gasteiger partial charge < -0.3 is 20.4 Å². The van der Waals surface area contributed by atoms with E-state index in [4.69, 9.17) is 0 Å². The van der Waals surface area contributed by atoms with Gasteiger partial charge in [-0.2, -0.15) is 0 Å². The second kappa shape index (κ2) is 3.18. The minimum Gasteiger partial charge on any atom is -0.393 e. The summed E-state index contributed by atoms with van der Waals surface area (Å²) in [7, 11) is 0. The average molecular weight is 238 g/mol. The minimum absolute atomic E-state index is 0.00181. The Balaban J connectivity index is 2.29. The highest BCUT2D eigenvalue weighted by Gasteiger charge is 2.47. The molecule has 0 fully saturated rings. The molecule has 1 aromatic rings. The Morgan fingerprint density at radius 2 is 2.29 bits per heavy atom. The highest BCUT2D eigenvalue weighted by Crippen LogP contribution is 2.46. The van der Waals surface area contributed by atoms with Crippen molar-refractivity contribution >= 4 is 17.3 Å². The zero-order chi connectivity index (χ0) is 12.2. The number of rotatable bonds is 1. The van der Waals surface area contributed by atoms with Gasteiger partial charge in [0, 0.05) is 5.56 Å². The molecule has 3 rings (SSSR count). The van der Waals surface area contributed by atoms with E-state index >= 15 is 0 Å². The summed E-state index contributed by atoms with van der Waals surface area (Å²) in [6.07, 6.45) is 0. The molecule has 0 aliphatic carbocycles. The van der Waals surface area contributed by atoms with Crippen LogP contribution in [0.5, 0.6) is 0 Å². The molecule has 5 nitrogen and oxygen atoms in total. The fraction of sp³-hybridized carbons (Fsp3) is 0.364. The van der Waals surface area contributed by atoms with Gasteiger partial charge in [-0.15, -0.1) is 0 Å². The normalized spacial score (nSPS) is 25.8. The molecule has 2 aliphatic rings. The first-order valence-corrected chi connectivity index (χ1v) is 5.27. The predicted octanol–water partition coefficient (Wildman–Crippen LogP) is -0.222. The lowest BCUT2D eigenvalue weighted by molar-refractivity contribution is -0.117. The minimum atomic E-state index is -1.71. The molecule has 17 heavy (non-hydrogen) atoms. The molecule has 90 valence electrons. The van der Waals surface area contributed by atoms with Crippen molar-refractivity contribution < 1.29 is 19.4 Å². The van der Waals surface area contributed by atoms with Crippen LogP contribution in [-0.2, 0) is 10.4 Å². The fourth-order valence-electron chi connectivity index (χ4n) is 2.46. The smallest absolute Gasteiger partial charge is 0.246 e. The quantitative estimate of drug-likeness (QED) is 0.632. The number of hydrogen-bond acceptors (Lipinski definition) is 4. The van der Waals surface area contributed by atoms with Gasteiger partial charge in [-0.05, 0) is 12.1 Å². The van der Waals surface area contributed by atoms with Gasteiger partial charge in [0.1, 0.15) is 11.4 Å². The molecule has 0 spiro atoms. The second-order valence-electron chi connectivity index (χ2n) is 4.34. The van der Waals surface area contributed by atoms with E-state index in [1.54, 1.807) is 0 Å². The monoisotopic (exact) mass is 238 g/mol. The zero-order valence-electron chi connectivity index (χ0n) is 8.90. The highest BCUT2D eigenvalue weighted by molar-refractivity contribution is 6.05. The molecule has 1 unspecified atom stereocenters. The molecule has 3 N–H and O–H groups in total. The summed E-state index contributed by atoms with van der Waals surface area (Å²) in [6, 6.07) is 2.75. The number of nitrogens with one attached hydrogen (secondary N) is 1. The Labute approximate surface area is 96.5 Å². The van der Waals surface area contributed by atoms with Crippen LogP contribution in [0.4, 0.5) is 15.8 Å². The van der Waals surface area contributed by atoms with E-state index < -0.39 is 18.0 Å². The maximum Gasteiger partial charge on any atom is 0.246 e. The second-order valence-corrected chi connectivity index (χ2v) is 4.34. The van der Waals surface area contributed by atoms with Crippen LogP contribution in [0.1, 0.15) is 5.56 Å². The van der Waals surface area contributed by atoms with Crippen LogP contribution in [0, 0.1) is 5.82 Å². The number of carbonyl (C=O) groups excluding carboxylic acids is 1. The molecule has 2 aliphatic heterocycles. The van der Waals surface area contributed by atoms with Crippen LogP contribution < -0.4 is 10.2 Å². The molecular formula is C11H11FN2O3. The Morgan fingerprint density at radius 3 is 3.00 bits per heavy atom. The summed E-state index contributed by atoms with van der Waals surface area (Å²) >= 11 is 0. The number of hydrogen-bond donors (Lipinski definition) is 3. The van der Waals surface area contributed by atoms with Crippen molar-refractivity contribution in [3.05, 3.63) is 23.5 Å². The molecule has 1 aromatic carbocycles. The Kier molecular flexibility index (Phi) is 1.96. The maximum absolute atomic E-state index is 13.8. The number of aliphatic hydroxyl groups excluding tert-OH is 1. The van der Waals surface area contributed by atoms with Gasteiger partial charge in [-0.3, -0.25) is 4.79 Å². The summed E-state index contributed by atoms with van der Waals surface area (Å²) in [5.74, 6) is -0.854. The number of carbonyl (C=O) groups is 1. The first-order valence-electron chi connectivity index (χ1n) is 5.27. The van der Waals surface area contributed by atoms with Crippen LogP contribution >= 0.6 is 0 Å². The number of amides is 1. The first kappa shape index (κ1) is 10.5. The highest BCUT2D eigenvalue weighted by atomic mass is 19.1. The molecule has 0 bridgehead atoms. The van der Waals surface area contributed by atoms with E-state index in [0.29, 0.717) is 11.4 Å². The number of anilines is 2. The number of nitrogens with zero attached hydrogens (tertiary/aromatic N) is 1. The van der Waals surface area contributed by atoms with Crippen molar-refractivity contribution in [3.8, 4) is 0 Å². The van der Waals surface area contributed by atoms with E-state index in [2.05, 4.69) is 5.32 Å². The third-order valence-corrected chi connectivity index (χ3v) is 3.27. The lowest BCUT2D eigenvalue weighted by Crippen LogP contribution is -2.43. The maximum atomic E-state index is 13.8. The number of halogens is 1. The van der Waals surface area contributed by atoms with Crippen LogP contribution in [0.25, 0.3) is 0 Å². The summed E-state index contributed by atoms with van der Waals surface area (Å²) in [5, 5.41) is 22.3. The van der Waals surface area contributed by atoms with E-state index in [0.717, 1.165) is 0 Å². The molecule has 2 heterocycles. The van der Waals surface area contributed by atoms with Crippen molar-refractivity contribution in [2.24, 2.45) is 0 Å². The molecule has 0 saturated heterocycles. The first-order chi connectivity index (χ1) is 8.07. The SMILES string of the molecule is O=C1CNc2ccc(F)c3c2N1CC3(O)CO. The Morgan fingerprint density at radius 1 is 1.53 bits per heavy atom. The number of aliphatic hydroxyl groups is 2. The Hall–Kier alpha value is -1.66. The topological polar surface area (TPSA) is 72.8 Å². The van der Waals surface area contributed by atoms with Gasteiger partial charge in [-0.1, -0.05) is 0 Å². The van der Waals surface area contributed by atoms with Crippen molar-refractivity contribution in [3.63, 3.8) is 0 Å². The molecule has 0 saturated carbocycles. The van der Waals surface area contributed by atoms with Gasteiger partial charge in [-0.25, -0.2) is 4.39 Å². The molecule has 0 aromatic heterocycles. The molecule has 1 atom stereocenters. The van der Waals surface area contributed by atoms with Gasteiger partial charge in [0.15, 0.2) is 0 Å². The summed E-state index contributed by atoms with van der Waals surface area (Å²) in [4.78, 5) is 13.0. The molecule has 6 heteroatoms. The van der Waals surface area contributed by atoms with Crippen molar-refractivity contribution in [2.75, 3.05) is 29.9 Å². The van der Waals surface area contributed by atoms with Crippen LogP contribution in [-0.4, -0.2) is 35.8 Å². The third-order valence-electron chi connectivity index (χ3n) is 3.27. The standard InChI is InChI=1S/C11H11FN2O3/c12-6-1-2-7-10-9(6)11(17,5-15)4-14(10)8(16)3-13-7/h1-2,13,15,17H,3-5H2. The lowest BCUT2D eigenvalue weighted by Gasteiger charge is -2.26. The summed E-state index contributed by atoms with van der Waals surface area (Å²) in [6.45, 7) is -0.614. The lowest BCUT2D eigenvalue weighted by atomic mass is 9.96. The fourth-order valence-corrected chi connectivity index (χ4v) is 2.46.